The monoisotopic (exact) mass is 487 g/mol. The third kappa shape index (κ3) is 4.74. The highest BCUT2D eigenvalue weighted by atomic mass is 32.2. The van der Waals surface area contributed by atoms with E-state index >= 15 is 0 Å². The summed E-state index contributed by atoms with van der Waals surface area (Å²) in [5.74, 6) is -0.114. The van der Waals surface area contributed by atoms with Crippen LogP contribution in [0.15, 0.2) is 77.7 Å². The Balaban J connectivity index is 1.32. The number of nitrogens with one attached hydrogen (secondary N) is 1. The Bertz CT molecular complexity index is 1260. The summed E-state index contributed by atoms with van der Waals surface area (Å²) in [7, 11) is 0. The zero-order chi connectivity index (χ0) is 24.4. The molecule has 0 saturated carbocycles. The van der Waals surface area contributed by atoms with Gasteiger partial charge in [0.15, 0.2) is 6.61 Å². The molecule has 0 aliphatic carbocycles. The highest BCUT2D eigenvalue weighted by Gasteiger charge is 2.40. The zero-order valence-corrected chi connectivity index (χ0v) is 20.1. The van der Waals surface area contributed by atoms with Gasteiger partial charge < -0.3 is 19.9 Å². The van der Waals surface area contributed by atoms with E-state index in [0.29, 0.717) is 23.5 Å². The summed E-state index contributed by atoms with van der Waals surface area (Å²) >= 11 is 1.67. The molecule has 3 aromatic rings. The number of carbonyl (C=O) groups excluding carboxylic acids is 3. The number of carbonyl (C=O) groups is 3. The van der Waals surface area contributed by atoms with Crippen molar-refractivity contribution in [3.8, 4) is 16.9 Å². The predicted molar refractivity (Wildman–Crippen MR) is 136 cm³/mol. The minimum absolute atomic E-state index is 0.120. The fraction of sp³-hybridized carbons (Fsp3) is 0.222. The van der Waals surface area contributed by atoms with Gasteiger partial charge in [-0.2, -0.15) is 0 Å². The highest BCUT2D eigenvalue weighted by Crippen LogP contribution is 2.31. The Morgan fingerprint density at radius 3 is 2.49 bits per heavy atom. The molecule has 2 aliphatic heterocycles. The van der Waals surface area contributed by atoms with E-state index in [2.05, 4.69) is 5.32 Å². The van der Waals surface area contributed by atoms with Crippen LogP contribution in [0.2, 0.25) is 0 Å². The molecule has 8 heteroatoms. The minimum atomic E-state index is -0.756. The fourth-order valence-electron chi connectivity index (χ4n) is 4.39. The van der Waals surface area contributed by atoms with Crippen LogP contribution >= 0.6 is 11.8 Å². The number of fused-ring (bicyclic) bond motifs is 2. The van der Waals surface area contributed by atoms with Crippen molar-refractivity contribution in [3.05, 3.63) is 78.4 Å². The highest BCUT2D eigenvalue weighted by molar-refractivity contribution is 7.98. The number of para-hydroxylation sites is 1. The summed E-state index contributed by atoms with van der Waals surface area (Å²) in [5.41, 5.74) is 2.85. The van der Waals surface area contributed by atoms with Gasteiger partial charge >= 0.3 is 0 Å². The summed E-state index contributed by atoms with van der Waals surface area (Å²) in [4.78, 5) is 43.6. The standard InChI is InChI=1S/C27H25N3O4S/c1-35-21-10-7-18(8-11-21)19-9-12-23-22(15-19)27(33)30-14-13-29(16-24(30)26(32)28-23)25(31)17-34-20-5-3-2-4-6-20/h2-12,15,24H,13-14,16-17H2,1H3,(H,28,32). The van der Waals surface area contributed by atoms with Crippen LogP contribution in [0, 0.1) is 0 Å². The number of ether oxygens (including phenoxy) is 1. The SMILES string of the molecule is CSc1ccc(-c2ccc3c(c2)C(=O)N2CCN(C(=O)COc4ccccc4)CC2C(=O)N3)cc1. The van der Waals surface area contributed by atoms with Crippen molar-refractivity contribution in [2.75, 3.05) is 37.8 Å². The van der Waals surface area contributed by atoms with E-state index in [-0.39, 0.29) is 37.4 Å². The molecule has 3 amide bonds. The molecule has 0 aromatic heterocycles. The zero-order valence-electron chi connectivity index (χ0n) is 19.3. The van der Waals surface area contributed by atoms with Crippen LogP contribution in [0.5, 0.6) is 5.75 Å². The molecule has 1 fully saturated rings. The normalized spacial score (nSPS) is 17.2. The van der Waals surface area contributed by atoms with Gasteiger partial charge in [-0.25, -0.2) is 0 Å². The maximum atomic E-state index is 13.5. The largest absolute Gasteiger partial charge is 0.484 e. The average molecular weight is 488 g/mol. The van der Waals surface area contributed by atoms with E-state index in [4.69, 9.17) is 4.74 Å². The van der Waals surface area contributed by atoms with Gasteiger partial charge in [-0.15, -0.1) is 11.8 Å². The smallest absolute Gasteiger partial charge is 0.260 e. The number of nitrogens with zero attached hydrogens (tertiary/aromatic N) is 2. The van der Waals surface area contributed by atoms with Gasteiger partial charge in [0.2, 0.25) is 5.91 Å². The Morgan fingerprint density at radius 1 is 1.00 bits per heavy atom. The van der Waals surface area contributed by atoms with Crippen molar-refractivity contribution in [3.63, 3.8) is 0 Å². The fourth-order valence-corrected chi connectivity index (χ4v) is 4.80. The Hall–Kier alpha value is -3.78. The molecule has 2 aliphatic rings. The third-order valence-electron chi connectivity index (χ3n) is 6.33. The Labute approximate surface area is 208 Å². The van der Waals surface area contributed by atoms with Crippen LogP contribution in [0.4, 0.5) is 5.69 Å². The Morgan fingerprint density at radius 2 is 1.74 bits per heavy atom. The molecule has 178 valence electrons. The number of hydrogen-bond donors (Lipinski definition) is 1. The van der Waals surface area contributed by atoms with Gasteiger partial charge in [0.1, 0.15) is 11.8 Å². The van der Waals surface area contributed by atoms with Crippen LogP contribution in [-0.2, 0) is 9.59 Å². The number of rotatable bonds is 5. The molecule has 5 rings (SSSR count). The van der Waals surface area contributed by atoms with Crippen LogP contribution in [-0.4, -0.2) is 66.1 Å². The first-order valence-electron chi connectivity index (χ1n) is 11.4. The lowest BCUT2D eigenvalue weighted by Crippen LogP contribution is -2.60. The van der Waals surface area contributed by atoms with E-state index in [1.165, 1.54) is 0 Å². The second-order valence-electron chi connectivity index (χ2n) is 8.43. The summed E-state index contributed by atoms with van der Waals surface area (Å²) in [6, 6.07) is 22.0. The number of hydrogen-bond acceptors (Lipinski definition) is 5. The predicted octanol–water partition coefficient (Wildman–Crippen LogP) is 3.76. The van der Waals surface area contributed by atoms with E-state index in [1.54, 1.807) is 39.8 Å². The summed E-state index contributed by atoms with van der Waals surface area (Å²) < 4.78 is 5.58. The molecule has 0 radical (unpaired) electrons. The summed E-state index contributed by atoms with van der Waals surface area (Å²) in [5, 5.41) is 2.89. The van der Waals surface area contributed by atoms with Gasteiger partial charge in [0, 0.05) is 18.0 Å². The lowest BCUT2D eigenvalue weighted by atomic mass is 10.0. The molecule has 7 nitrogen and oxygen atoms in total. The van der Waals surface area contributed by atoms with Crippen molar-refractivity contribution in [1.82, 2.24) is 9.80 Å². The van der Waals surface area contributed by atoms with Gasteiger partial charge in [0.05, 0.1) is 17.8 Å². The maximum Gasteiger partial charge on any atom is 0.260 e. The number of thioether (sulfide) groups is 1. The molecule has 1 unspecified atom stereocenters. The van der Waals surface area contributed by atoms with Crippen LogP contribution < -0.4 is 10.1 Å². The lowest BCUT2D eigenvalue weighted by molar-refractivity contribution is -0.137. The molecule has 0 bridgehead atoms. The van der Waals surface area contributed by atoms with E-state index in [1.807, 2.05) is 60.9 Å². The van der Waals surface area contributed by atoms with Gasteiger partial charge in [-0.05, 0) is 53.8 Å². The molecule has 2 heterocycles. The first kappa shape index (κ1) is 23.0. The second-order valence-corrected chi connectivity index (χ2v) is 9.31. The molecule has 0 spiro atoms. The number of benzene rings is 3. The molecule has 1 atom stereocenters. The molecule has 35 heavy (non-hydrogen) atoms. The maximum absolute atomic E-state index is 13.5. The molecular formula is C27H25N3O4S. The Kier molecular flexibility index (Phi) is 6.46. The van der Waals surface area contributed by atoms with Crippen molar-refractivity contribution < 1.29 is 19.1 Å². The molecule has 3 aromatic carbocycles. The van der Waals surface area contributed by atoms with Gasteiger partial charge in [0.25, 0.3) is 11.8 Å². The number of anilines is 1. The van der Waals surface area contributed by atoms with Gasteiger partial charge in [-0.3, -0.25) is 14.4 Å². The van der Waals surface area contributed by atoms with Crippen molar-refractivity contribution in [2.24, 2.45) is 0 Å². The van der Waals surface area contributed by atoms with Gasteiger partial charge in [-0.1, -0.05) is 36.4 Å². The third-order valence-corrected chi connectivity index (χ3v) is 7.08. The van der Waals surface area contributed by atoms with E-state index in [0.717, 1.165) is 16.0 Å². The van der Waals surface area contributed by atoms with Crippen molar-refractivity contribution >= 4 is 35.2 Å². The van der Waals surface area contributed by atoms with Crippen LogP contribution in [0.25, 0.3) is 11.1 Å². The molecule has 1 saturated heterocycles. The number of amides is 3. The van der Waals surface area contributed by atoms with E-state index < -0.39 is 6.04 Å². The quantitative estimate of drug-likeness (QED) is 0.555. The summed E-state index contributed by atoms with van der Waals surface area (Å²) in [6.07, 6.45) is 2.03. The summed E-state index contributed by atoms with van der Waals surface area (Å²) in [6.45, 7) is 0.633. The topological polar surface area (TPSA) is 79.0 Å². The van der Waals surface area contributed by atoms with Crippen LogP contribution in [0.3, 0.4) is 0 Å². The molecule has 1 N–H and O–H groups in total. The van der Waals surface area contributed by atoms with Crippen molar-refractivity contribution in [1.29, 1.82) is 0 Å². The second kappa shape index (κ2) is 9.84. The van der Waals surface area contributed by atoms with E-state index in [9.17, 15) is 14.4 Å². The average Bonchev–Trinajstić information content (AvgIpc) is 3.01. The first-order chi connectivity index (χ1) is 17.0. The van der Waals surface area contributed by atoms with Crippen LogP contribution in [0.1, 0.15) is 10.4 Å². The number of piperazine rings is 1. The van der Waals surface area contributed by atoms with Crippen molar-refractivity contribution in [2.45, 2.75) is 10.9 Å². The molecular weight excluding hydrogens is 462 g/mol. The first-order valence-corrected chi connectivity index (χ1v) is 12.6. The minimum Gasteiger partial charge on any atom is -0.484 e. The lowest BCUT2D eigenvalue weighted by Gasteiger charge is -2.39.